The summed E-state index contributed by atoms with van der Waals surface area (Å²) < 4.78 is 11.0. The lowest BCUT2D eigenvalue weighted by Crippen LogP contribution is -2.44. The van der Waals surface area contributed by atoms with Gasteiger partial charge in [0.2, 0.25) is 5.91 Å². The second-order valence-electron chi connectivity index (χ2n) is 6.82. The lowest BCUT2D eigenvalue weighted by Gasteiger charge is -2.36. The lowest BCUT2D eigenvalue weighted by atomic mass is 9.95. The van der Waals surface area contributed by atoms with Gasteiger partial charge in [0.05, 0.1) is 32.3 Å². The highest BCUT2D eigenvalue weighted by Crippen LogP contribution is 2.29. The molecule has 0 aromatic heterocycles. The van der Waals surface area contributed by atoms with Crippen LogP contribution in [0, 0.1) is 5.92 Å². The number of ether oxygens (including phenoxy) is 2. The molecule has 1 heterocycles. The fourth-order valence-electron chi connectivity index (χ4n) is 3.47. The second kappa shape index (κ2) is 8.86. The van der Waals surface area contributed by atoms with Gasteiger partial charge in [-0.15, -0.1) is 0 Å². The highest BCUT2D eigenvalue weighted by molar-refractivity contribution is 5.80. The summed E-state index contributed by atoms with van der Waals surface area (Å²) in [6, 6.07) is 18.1. The predicted octanol–water partition coefficient (Wildman–Crippen LogP) is 4.21. The number of rotatable bonds is 7. The predicted molar refractivity (Wildman–Crippen MR) is 102 cm³/mol. The molecule has 0 bridgehead atoms. The number of amides is 1. The zero-order chi connectivity index (χ0) is 18.4. The maximum Gasteiger partial charge on any atom is 0.228 e. The van der Waals surface area contributed by atoms with E-state index in [1.165, 1.54) is 0 Å². The van der Waals surface area contributed by atoms with Crippen molar-refractivity contribution in [2.75, 3.05) is 20.3 Å². The largest absolute Gasteiger partial charge is 0.497 e. The molecule has 4 heteroatoms. The molecule has 1 amide bonds. The van der Waals surface area contributed by atoms with Crippen LogP contribution in [0.1, 0.15) is 36.9 Å². The van der Waals surface area contributed by atoms with Crippen LogP contribution in [-0.4, -0.2) is 31.1 Å². The summed E-state index contributed by atoms with van der Waals surface area (Å²) >= 11 is 0. The topological polar surface area (TPSA) is 38.8 Å². The first-order valence-electron chi connectivity index (χ1n) is 9.25. The molecular formula is C22H27NO3. The molecule has 1 fully saturated rings. The second-order valence-corrected chi connectivity index (χ2v) is 6.82. The molecule has 1 saturated heterocycles. The van der Waals surface area contributed by atoms with Crippen LogP contribution < -0.4 is 4.74 Å². The van der Waals surface area contributed by atoms with E-state index in [-0.39, 0.29) is 17.9 Å². The highest BCUT2D eigenvalue weighted by Gasteiger charge is 2.32. The van der Waals surface area contributed by atoms with Gasteiger partial charge in [0.1, 0.15) is 5.75 Å². The molecule has 0 aliphatic carbocycles. The summed E-state index contributed by atoms with van der Waals surface area (Å²) in [5.41, 5.74) is 2.27. The molecule has 26 heavy (non-hydrogen) atoms. The van der Waals surface area contributed by atoms with Crippen molar-refractivity contribution >= 4 is 5.91 Å². The molecule has 1 aliphatic rings. The van der Waals surface area contributed by atoms with Gasteiger partial charge in [-0.2, -0.15) is 0 Å². The van der Waals surface area contributed by atoms with Gasteiger partial charge in [-0.1, -0.05) is 42.5 Å². The molecule has 2 atom stereocenters. The van der Waals surface area contributed by atoms with E-state index in [0.29, 0.717) is 13.2 Å². The third-order valence-electron chi connectivity index (χ3n) is 5.08. The molecule has 2 aromatic carbocycles. The van der Waals surface area contributed by atoms with Gasteiger partial charge in [-0.3, -0.25) is 4.79 Å². The van der Waals surface area contributed by atoms with E-state index >= 15 is 0 Å². The summed E-state index contributed by atoms with van der Waals surface area (Å²) in [6.45, 7) is 3.94. The summed E-state index contributed by atoms with van der Waals surface area (Å²) in [7, 11) is 1.66. The Bertz CT molecular complexity index is 699. The Morgan fingerprint density at radius 3 is 2.54 bits per heavy atom. The Morgan fingerprint density at radius 2 is 1.85 bits per heavy atom. The SMILES string of the molecule is COc1ccc(C(C)N2CCC[C@H](COCc3ccccc3)C2=O)cc1. The van der Waals surface area contributed by atoms with Crippen molar-refractivity contribution in [3.05, 3.63) is 65.7 Å². The van der Waals surface area contributed by atoms with Gasteiger partial charge in [0.25, 0.3) is 0 Å². The molecule has 0 N–H and O–H groups in total. The van der Waals surface area contributed by atoms with Crippen molar-refractivity contribution in [3.8, 4) is 5.75 Å². The quantitative estimate of drug-likeness (QED) is 0.748. The number of piperidine rings is 1. The van der Waals surface area contributed by atoms with E-state index in [4.69, 9.17) is 9.47 Å². The van der Waals surface area contributed by atoms with Crippen molar-refractivity contribution in [2.45, 2.75) is 32.4 Å². The van der Waals surface area contributed by atoms with Gasteiger partial charge in [0.15, 0.2) is 0 Å². The van der Waals surface area contributed by atoms with E-state index in [9.17, 15) is 4.79 Å². The third-order valence-corrected chi connectivity index (χ3v) is 5.08. The molecule has 3 rings (SSSR count). The Kier molecular flexibility index (Phi) is 6.29. The first kappa shape index (κ1) is 18.5. The van der Waals surface area contributed by atoms with Crippen molar-refractivity contribution in [2.24, 2.45) is 5.92 Å². The first-order valence-corrected chi connectivity index (χ1v) is 9.25. The van der Waals surface area contributed by atoms with E-state index in [1.807, 2.05) is 59.5 Å². The van der Waals surface area contributed by atoms with E-state index < -0.39 is 0 Å². The number of carbonyl (C=O) groups excluding carboxylic acids is 1. The van der Waals surface area contributed by atoms with E-state index in [0.717, 1.165) is 36.3 Å². The maximum atomic E-state index is 12.9. The molecule has 1 unspecified atom stereocenters. The number of hydrogen-bond acceptors (Lipinski definition) is 3. The number of methoxy groups -OCH3 is 1. The molecular weight excluding hydrogens is 326 g/mol. The Morgan fingerprint density at radius 1 is 1.12 bits per heavy atom. The molecule has 2 aromatic rings. The summed E-state index contributed by atoms with van der Waals surface area (Å²) in [4.78, 5) is 14.9. The average Bonchev–Trinajstić information content (AvgIpc) is 2.70. The smallest absolute Gasteiger partial charge is 0.228 e. The van der Waals surface area contributed by atoms with E-state index in [2.05, 4.69) is 6.92 Å². The minimum Gasteiger partial charge on any atom is -0.497 e. The van der Waals surface area contributed by atoms with Crippen LogP contribution in [0.15, 0.2) is 54.6 Å². The lowest BCUT2D eigenvalue weighted by molar-refractivity contribution is -0.143. The van der Waals surface area contributed by atoms with Crippen LogP contribution >= 0.6 is 0 Å². The van der Waals surface area contributed by atoms with Gasteiger partial charge in [0, 0.05) is 6.54 Å². The third kappa shape index (κ3) is 4.44. The summed E-state index contributed by atoms with van der Waals surface area (Å²) in [5, 5.41) is 0. The summed E-state index contributed by atoms with van der Waals surface area (Å²) in [6.07, 6.45) is 1.92. The monoisotopic (exact) mass is 353 g/mol. The zero-order valence-corrected chi connectivity index (χ0v) is 15.6. The number of benzene rings is 2. The minimum atomic E-state index is -0.0480. The highest BCUT2D eigenvalue weighted by atomic mass is 16.5. The van der Waals surface area contributed by atoms with Gasteiger partial charge < -0.3 is 14.4 Å². The Balaban J connectivity index is 1.57. The van der Waals surface area contributed by atoms with Gasteiger partial charge in [-0.05, 0) is 43.0 Å². The zero-order valence-electron chi connectivity index (χ0n) is 15.6. The van der Waals surface area contributed by atoms with Crippen LogP contribution in [-0.2, 0) is 16.1 Å². The molecule has 0 saturated carbocycles. The molecule has 0 radical (unpaired) electrons. The molecule has 0 spiro atoms. The molecule has 1 aliphatic heterocycles. The fourth-order valence-corrected chi connectivity index (χ4v) is 3.47. The average molecular weight is 353 g/mol. The fraction of sp³-hybridized carbons (Fsp3) is 0.409. The van der Waals surface area contributed by atoms with Gasteiger partial charge >= 0.3 is 0 Å². The van der Waals surface area contributed by atoms with Crippen molar-refractivity contribution in [3.63, 3.8) is 0 Å². The number of nitrogens with zero attached hydrogens (tertiary/aromatic N) is 1. The van der Waals surface area contributed by atoms with Crippen LogP contribution in [0.4, 0.5) is 0 Å². The van der Waals surface area contributed by atoms with Crippen LogP contribution in [0.3, 0.4) is 0 Å². The summed E-state index contributed by atoms with van der Waals surface area (Å²) in [5.74, 6) is 0.985. The normalized spacial score (nSPS) is 18.6. The van der Waals surface area contributed by atoms with Crippen LogP contribution in [0.25, 0.3) is 0 Å². The number of likely N-dealkylation sites (tertiary alicyclic amines) is 1. The Hall–Kier alpha value is -2.33. The number of hydrogen-bond donors (Lipinski definition) is 0. The van der Waals surface area contributed by atoms with Crippen molar-refractivity contribution in [1.29, 1.82) is 0 Å². The first-order chi connectivity index (χ1) is 12.7. The van der Waals surface area contributed by atoms with Gasteiger partial charge in [-0.25, -0.2) is 0 Å². The van der Waals surface area contributed by atoms with Crippen molar-refractivity contribution in [1.82, 2.24) is 4.90 Å². The number of carbonyl (C=O) groups is 1. The maximum absolute atomic E-state index is 12.9. The standard InChI is InChI=1S/C22H27NO3/c1-17(19-10-12-21(25-2)13-11-19)23-14-6-9-20(22(23)24)16-26-15-18-7-4-3-5-8-18/h3-5,7-8,10-13,17,20H,6,9,14-16H2,1-2H3/t17?,20-/m1/s1. The van der Waals surface area contributed by atoms with Crippen LogP contribution in [0.5, 0.6) is 5.75 Å². The van der Waals surface area contributed by atoms with E-state index in [1.54, 1.807) is 7.11 Å². The molecule has 4 nitrogen and oxygen atoms in total. The minimum absolute atomic E-state index is 0.0480. The Labute approximate surface area is 155 Å². The van der Waals surface area contributed by atoms with Crippen molar-refractivity contribution < 1.29 is 14.3 Å². The van der Waals surface area contributed by atoms with Crippen LogP contribution in [0.2, 0.25) is 0 Å². The molecule has 138 valence electrons.